The molecule has 1 fully saturated rings. The molecule has 0 bridgehead atoms. The molecule has 4 heteroatoms. The van der Waals surface area contributed by atoms with Gasteiger partial charge in [-0.3, -0.25) is 9.69 Å². The number of nitrogens with zero attached hydrogens (tertiary/aromatic N) is 1. The fourth-order valence-electron chi connectivity index (χ4n) is 2.32. The Bertz CT molecular complexity index is 573. The van der Waals surface area contributed by atoms with Gasteiger partial charge >= 0.3 is 5.97 Å². The third-order valence-corrected chi connectivity index (χ3v) is 4.37. The average molecular weight is 273 g/mol. The smallest absolute Gasteiger partial charge is 0.309 e. The molecule has 1 aromatic heterocycles. The molecular weight excluding hydrogens is 258 g/mol. The summed E-state index contributed by atoms with van der Waals surface area (Å²) in [7, 11) is 0. The minimum absolute atomic E-state index is 0.173. The molecule has 3 rings (SSSR count). The van der Waals surface area contributed by atoms with Gasteiger partial charge in [-0.1, -0.05) is 30.3 Å². The Labute approximate surface area is 116 Å². The van der Waals surface area contributed by atoms with Crippen molar-refractivity contribution in [1.82, 2.24) is 4.90 Å². The first kappa shape index (κ1) is 12.4. The van der Waals surface area contributed by atoms with Crippen LogP contribution in [-0.2, 0) is 11.3 Å². The fourth-order valence-corrected chi connectivity index (χ4v) is 3.26. The van der Waals surface area contributed by atoms with Gasteiger partial charge in [-0.15, -0.1) is 11.3 Å². The number of aliphatic carboxylic acids is 1. The van der Waals surface area contributed by atoms with Crippen molar-refractivity contribution >= 4 is 17.3 Å². The van der Waals surface area contributed by atoms with Crippen molar-refractivity contribution in [3.63, 3.8) is 0 Å². The van der Waals surface area contributed by atoms with Crippen LogP contribution in [0.15, 0.2) is 41.8 Å². The van der Waals surface area contributed by atoms with Gasteiger partial charge in [0.1, 0.15) is 0 Å². The van der Waals surface area contributed by atoms with Crippen molar-refractivity contribution in [2.45, 2.75) is 6.54 Å². The van der Waals surface area contributed by atoms with Crippen LogP contribution < -0.4 is 0 Å². The molecular formula is C15H15NO2S. The fraction of sp³-hybridized carbons (Fsp3) is 0.267. The molecule has 0 saturated carbocycles. The van der Waals surface area contributed by atoms with E-state index in [1.165, 1.54) is 16.0 Å². The number of carboxylic acids is 1. The van der Waals surface area contributed by atoms with Crippen LogP contribution in [0.1, 0.15) is 4.88 Å². The lowest BCUT2D eigenvalue weighted by Gasteiger charge is -2.36. The molecule has 1 aromatic carbocycles. The summed E-state index contributed by atoms with van der Waals surface area (Å²) in [4.78, 5) is 14.2. The Morgan fingerprint density at radius 2 is 2.00 bits per heavy atom. The second-order valence-electron chi connectivity index (χ2n) is 4.90. The molecule has 0 unspecified atom stereocenters. The predicted molar refractivity (Wildman–Crippen MR) is 76.2 cm³/mol. The van der Waals surface area contributed by atoms with Crippen molar-refractivity contribution in [2.75, 3.05) is 13.1 Å². The molecule has 1 N–H and O–H groups in total. The highest BCUT2D eigenvalue weighted by atomic mass is 32.1. The first-order valence-corrected chi connectivity index (χ1v) is 7.18. The van der Waals surface area contributed by atoms with Crippen molar-refractivity contribution in [1.29, 1.82) is 0 Å². The SMILES string of the molecule is O=C(O)C1CN(Cc2cc(-c3ccccc3)cs2)C1. The van der Waals surface area contributed by atoms with Crippen molar-refractivity contribution in [2.24, 2.45) is 5.92 Å². The van der Waals surface area contributed by atoms with E-state index in [0.717, 1.165) is 6.54 Å². The molecule has 0 radical (unpaired) electrons. The third kappa shape index (κ3) is 2.69. The van der Waals surface area contributed by atoms with Crippen molar-refractivity contribution < 1.29 is 9.90 Å². The van der Waals surface area contributed by atoms with Crippen LogP contribution in [0.25, 0.3) is 11.1 Å². The molecule has 1 aliphatic rings. The normalized spacial score (nSPS) is 16.2. The lowest BCUT2D eigenvalue weighted by atomic mass is 10.0. The molecule has 3 nitrogen and oxygen atoms in total. The minimum Gasteiger partial charge on any atom is -0.481 e. The number of carboxylic acid groups (broad SMARTS) is 1. The Balaban J connectivity index is 1.62. The molecule has 0 atom stereocenters. The highest BCUT2D eigenvalue weighted by molar-refractivity contribution is 7.10. The van der Waals surface area contributed by atoms with Gasteiger partial charge in [0.05, 0.1) is 5.92 Å². The number of hydrogen-bond acceptors (Lipinski definition) is 3. The average Bonchev–Trinajstić information content (AvgIpc) is 2.82. The van der Waals surface area contributed by atoms with Crippen LogP contribution in [0.2, 0.25) is 0 Å². The van der Waals surface area contributed by atoms with E-state index in [2.05, 4.69) is 28.5 Å². The number of thiophene rings is 1. The van der Waals surface area contributed by atoms with Crippen LogP contribution in [0.5, 0.6) is 0 Å². The van der Waals surface area contributed by atoms with E-state index >= 15 is 0 Å². The van der Waals surface area contributed by atoms with Crippen molar-refractivity contribution in [3.8, 4) is 11.1 Å². The maximum atomic E-state index is 10.7. The molecule has 0 aliphatic carbocycles. The Kier molecular flexibility index (Phi) is 3.36. The first-order valence-electron chi connectivity index (χ1n) is 6.30. The Morgan fingerprint density at radius 3 is 2.68 bits per heavy atom. The molecule has 0 amide bonds. The molecule has 19 heavy (non-hydrogen) atoms. The third-order valence-electron chi connectivity index (χ3n) is 3.45. The number of hydrogen-bond donors (Lipinski definition) is 1. The maximum Gasteiger partial charge on any atom is 0.309 e. The first-order chi connectivity index (χ1) is 9.22. The van der Waals surface area contributed by atoms with Gasteiger partial charge in [0.25, 0.3) is 0 Å². The highest BCUT2D eigenvalue weighted by Gasteiger charge is 2.32. The summed E-state index contributed by atoms with van der Waals surface area (Å²) in [5.74, 6) is -0.846. The molecule has 2 heterocycles. The second kappa shape index (κ2) is 5.15. The molecule has 1 saturated heterocycles. The summed E-state index contributed by atoms with van der Waals surface area (Å²) < 4.78 is 0. The van der Waals surface area contributed by atoms with E-state index in [4.69, 9.17) is 5.11 Å². The van der Waals surface area contributed by atoms with Gasteiger partial charge in [0, 0.05) is 24.5 Å². The van der Waals surface area contributed by atoms with E-state index in [0.29, 0.717) is 13.1 Å². The molecule has 0 spiro atoms. The van der Waals surface area contributed by atoms with Crippen LogP contribution in [0, 0.1) is 5.92 Å². The Hall–Kier alpha value is -1.65. The predicted octanol–water partition coefficient (Wildman–Crippen LogP) is 2.93. The zero-order chi connectivity index (χ0) is 13.2. The number of benzene rings is 1. The largest absolute Gasteiger partial charge is 0.481 e. The standard InChI is InChI=1S/C15H15NO2S/c17-15(18)13-7-16(8-13)9-14-6-12(10-19-14)11-4-2-1-3-5-11/h1-6,10,13H,7-9H2,(H,17,18). The topological polar surface area (TPSA) is 40.5 Å². The number of likely N-dealkylation sites (tertiary alicyclic amines) is 1. The quantitative estimate of drug-likeness (QED) is 0.931. The minimum atomic E-state index is -0.674. The maximum absolute atomic E-state index is 10.7. The van der Waals surface area contributed by atoms with E-state index in [1.807, 2.05) is 18.2 Å². The summed E-state index contributed by atoms with van der Waals surface area (Å²) in [5, 5.41) is 11.0. The number of rotatable bonds is 4. The number of carbonyl (C=O) groups is 1. The monoisotopic (exact) mass is 273 g/mol. The summed E-state index contributed by atoms with van der Waals surface area (Å²) in [6, 6.07) is 12.5. The summed E-state index contributed by atoms with van der Waals surface area (Å²) in [6.07, 6.45) is 0. The van der Waals surface area contributed by atoms with Gasteiger partial charge in [0.15, 0.2) is 0 Å². The zero-order valence-electron chi connectivity index (χ0n) is 10.5. The van der Waals surface area contributed by atoms with Crippen LogP contribution in [0.4, 0.5) is 0 Å². The van der Waals surface area contributed by atoms with Gasteiger partial charge in [-0.25, -0.2) is 0 Å². The second-order valence-corrected chi connectivity index (χ2v) is 5.89. The Morgan fingerprint density at radius 1 is 1.26 bits per heavy atom. The summed E-state index contributed by atoms with van der Waals surface area (Å²) >= 11 is 1.74. The highest BCUT2D eigenvalue weighted by Crippen LogP contribution is 2.28. The van der Waals surface area contributed by atoms with Gasteiger partial charge in [-0.05, 0) is 22.6 Å². The van der Waals surface area contributed by atoms with Crippen LogP contribution >= 0.6 is 11.3 Å². The van der Waals surface area contributed by atoms with E-state index in [1.54, 1.807) is 11.3 Å². The van der Waals surface area contributed by atoms with Crippen LogP contribution in [0.3, 0.4) is 0 Å². The molecule has 98 valence electrons. The molecule has 2 aromatic rings. The summed E-state index contributed by atoms with van der Waals surface area (Å²) in [5.41, 5.74) is 2.48. The van der Waals surface area contributed by atoms with Crippen LogP contribution in [-0.4, -0.2) is 29.1 Å². The van der Waals surface area contributed by atoms with Crippen molar-refractivity contribution in [3.05, 3.63) is 46.7 Å². The summed E-state index contributed by atoms with van der Waals surface area (Å²) in [6.45, 7) is 2.21. The lowest BCUT2D eigenvalue weighted by Crippen LogP contribution is -2.49. The van der Waals surface area contributed by atoms with E-state index < -0.39 is 5.97 Å². The van der Waals surface area contributed by atoms with E-state index in [9.17, 15) is 4.79 Å². The van der Waals surface area contributed by atoms with E-state index in [-0.39, 0.29) is 5.92 Å². The van der Waals surface area contributed by atoms with Gasteiger partial charge in [0.2, 0.25) is 0 Å². The van der Waals surface area contributed by atoms with Gasteiger partial charge < -0.3 is 5.11 Å². The molecule has 1 aliphatic heterocycles. The lowest BCUT2D eigenvalue weighted by molar-refractivity contribution is -0.147. The van der Waals surface area contributed by atoms with Gasteiger partial charge in [-0.2, -0.15) is 0 Å². The zero-order valence-corrected chi connectivity index (χ0v) is 11.3.